The maximum atomic E-state index is 13.0. The van der Waals surface area contributed by atoms with Crippen LogP contribution < -0.4 is 15.4 Å². The molecule has 31 heavy (non-hydrogen) atoms. The van der Waals surface area contributed by atoms with Crippen molar-refractivity contribution in [2.24, 2.45) is 0 Å². The van der Waals surface area contributed by atoms with Gasteiger partial charge in [0.25, 0.3) is 5.91 Å². The molecule has 1 heterocycles. The average Bonchev–Trinajstić information content (AvgIpc) is 3.18. The molecule has 7 nitrogen and oxygen atoms in total. The third-order valence-electron chi connectivity index (χ3n) is 4.35. The number of halogens is 1. The van der Waals surface area contributed by atoms with Gasteiger partial charge in [-0.25, -0.2) is 4.39 Å². The van der Waals surface area contributed by atoms with Gasteiger partial charge in [0.1, 0.15) is 22.6 Å². The fourth-order valence-electron chi connectivity index (χ4n) is 2.89. The van der Waals surface area contributed by atoms with Crippen LogP contribution in [0.5, 0.6) is 5.75 Å². The Kier molecular flexibility index (Phi) is 5.85. The normalized spacial score (nSPS) is 10.6. The van der Waals surface area contributed by atoms with Gasteiger partial charge in [0.2, 0.25) is 0 Å². The molecule has 0 aliphatic carbocycles. The molecular weight excluding hydrogens is 417 g/mol. The van der Waals surface area contributed by atoms with Gasteiger partial charge in [-0.3, -0.25) is 10.1 Å². The largest absolute Gasteiger partial charge is 0.494 e. The van der Waals surface area contributed by atoms with Crippen LogP contribution in [-0.4, -0.2) is 32.6 Å². The highest BCUT2D eigenvalue weighted by Gasteiger charge is 2.10. The molecule has 1 amide bonds. The number of carbonyl (C=O) groups excluding carboxylic acids is 1. The summed E-state index contributed by atoms with van der Waals surface area (Å²) in [6.07, 6.45) is 0. The van der Waals surface area contributed by atoms with Crippen LogP contribution in [0, 0.1) is 5.82 Å². The van der Waals surface area contributed by atoms with Crippen LogP contribution in [0.1, 0.15) is 17.3 Å². The molecule has 1 aromatic heterocycles. The SMILES string of the molecule is CCOc1ccc(-n2nc3ccc(NC(=S)NC(=O)c4ccc(F)cc4)cc3n2)cc1. The minimum atomic E-state index is -0.431. The van der Waals surface area contributed by atoms with Gasteiger partial charge in [0.15, 0.2) is 5.11 Å². The van der Waals surface area contributed by atoms with E-state index in [1.54, 1.807) is 23.0 Å². The number of aromatic nitrogens is 3. The second kappa shape index (κ2) is 8.88. The van der Waals surface area contributed by atoms with Crippen LogP contribution in [0.15, 0.2) is 66.7 Å². The fraction of sp³-hybridized carbons (Fsp3) is 0.0909. The summed E-state index contributed by atoms with van der Waals surface area (Å²) in [5.41, 5.74) is 3.12. The second-order valence-corrected chi connectivity index (χ2v) is 6.94. The van der Waals surface area contributed by atoms with Crippen molar-refractivity contribution in [1.82, 2.24) is 20.3 Å². The van der Waals surface area contributed by atoms with Gasteiger partial charge >= 0.3 is 0 Å². The quantitative estimate of drug-likeness (QED) is 0.460. The Hall–Kier alpha value is -3.85. The highest BCUT2D eigenvalue weighted by atomic mass is 32.1. The molecule has 0 bridgehead atoms. The summed E-state index contributed by atoms with van der Waals surface area (Å²) < 4.78 is 18.5. The summed E-state index contributed by atoms with van der Waals surface area (Å²) in [5.74, 6) is -0.0606. The van der Waals surface area contributed by atoms with E-state index in [0.29, 0.717) is 28.9 Å². The lowest BCUT2D eigenvalue weighted by atomic mass is 10.2. The van der Waals surface area contributed by atoms with Crippen molar-refractivity contribution >= 4 is 40.0 Å². The number of anilines is 1. The molecule has 0 atom stereocenters. The second-order valence-electron chi connectivity index (χ2n) is 6.53. The van der Waals surface area contributed by atoms with E-state index in [1.165, 1.54) is 24.3 Å². The van der Waals surface area contributed by atoms with Crippen LogP contribution in [0.2, 0.25) is 0 Å². The number of fused-ring (bicyclic) bond motifs is 1. The predicted molar refractivity (Wildman–Crippen MR) is 120 cm³/mol. The number of carbonyl (C=O) groups is 1. The standard InChI is InChI=1S/C22H18FN5O2S/c1-2-30-18-10-8-17(9-11-18)28-26-19-12-7-16(13-20(19)27-28)24-22(31)25-21(29)14-3-5-15(23)6-4-14/h3-13H,2H2,1H3,(H2,24,25,29,31). The van der Waals surface area contributed by atoms with Crippen molar-refractivity contribution in [3.8, 4) is 11.4 Å². The number of hydrogen-bond donors (Lipinski definition) is 2. The lowest BCUT2D eigenvalue weighted by molar-refractivity contribution is 0.0977. The Morgan fingerprint density at radius 3 is 2.45 bits per heavy atom. The van der Waals surface area contributed by atoms with Crippen molar-refractivity contribution in [2.45, 2.75) is 6.92 Å². The fourth-order valence-corrected chi connectivity index (χ4v) is 3.10. The highest BCUT2D eigenvalue weighted by Crippen LogP contribution is 2.19. The topological polar surface area (TPSA) is 81.1 Å². The molecule has 0 radical (unpaired) electrons. The van der Waals surface area contributed by atoms with Gasteiger partial charge in [-0.1, -0.05) is 0 Å². The molecule has 0 saturated carbocycles. The lowest BCUT2D eigenvalue weighted by Crippen LogP contribution is -2.34. The molecule has 156 valence electrons. The molecular formula is C22H18FN5O2S. The smallest absolute Gasteiger partial charge is 0.257 e. The molecule has 2 N–H and O–H groups in total. The number of hydrogen-bond acceptors (Lipinski definition) is 5. The summed E-state index contributed by atoms with van der Waals surface area (Å²) in [6.45, 7) is 2.53. The van der Waals surface area contributed by atoms with Gasteiger partial charge in [-0.2, -0.15) is 4.80 Å². The molecule has 0 saturated heterocycles. The van der Waals surface area contributed by atoms with Crippen LogP contribution in [0.3, 0.4) is 0 Å². The maximum Gasteiger partial charge on any atom is 0.257 e. The zero-order valence-electron chi connectivity index (χ0n) is 16.5. The molecule has 0 aliphatic heterocycles. The molecule has 0 unspecified atom stereocenters. The van der Waals surface area contributed by atoms with E-state index in [0.717, 1.165) is 11.4 Å². The number of benzene rings is 3. The number of ether oxygens (including phenoxy) is 1. The summed E-state index contributed by atoms with van der Waals surface area (Å²) in [5, 5.41) is 14.6. The first-order chi connectivity index (χ1) is 15.0. The molecule has 4 aromatic rings. The van der Waals surface area contributed by atoms with Crippen molar-refractivity contribution < 1.29 is 13.9 Å². The Bertz CT molecular complexity index is 1240. The number of nitrogens with one attached hydrogen (secondary N) is 2. The third-order valence-corrected chi connectivity index (χ3v) is 4.55. The Morgan fingerprint density at radius 2 is 1.74 bits per heavy atom. The zero-order valence-corrected chi connectivity index (χ0v) is 17.3. The van der Waals surface area contributed by atoms with E-state index in [1.807, 2.05) is 31.2 Å². The monoisotopic (exact) mass is 435 g/mol. The van der Waals surface area contributed by atoms with E-state index >= 15 is 0 Å². The van der Waals surface area contributed by atoms with Gasteiger partial charge < -0.3 is 10.1 Å². The van der Waals surface area contributed by atoms with E-state index in [9.17, 15) is 9.18 Å². The number of thiocarbonyl (C=S) groups is 1. The molecule has 9 heteroatoms. The van der Waals surface area contributed by atoms with E-state index < -0.39 is 11.7 Å². The summed E-state index contributed by atoms with van der Waals surface area (Å²) >= 11 is 5.21. The van der Waals surface area contributed by atoms with Crippen molar-refractivity contribution in [3.63, 3.8) is 0 Å². The van der Waals surface area contributed by atoms with E-state index in [-0.39, 0.29) is 5.11 Å². The van der Waals surface area contributed by atoms with Crippen molar-refractivity contribution in [1.29, 1.82) is 0 Å². The van der Waals surface area contributed by atoms with Crippen LogP contribution in [0.4, 0.5) is 10.1 Å². The first-order valence-corrected chi connectivity index (χ1v) is 9.91. The van der Waals surface area contributed by atoms with Crippen LogP contribution >= 0.6 is 12.2 Å². The maximum absolute atomic E-state index is 13.0. The van der Waals surface area contributed by atoms with Crippen LogP contribution in [0.25, 0.3) is 16.7 Å². The van der Waals surface area contributed by atoms with E-state index in [2.05, 4.69) is 20.8 Å². The molecule has 0 fully saturated rings. The van der Waals surface area contributed by atoms with Gasteiger partial charge in [0.05, 0.1) is 12.3 Å². The first kappa shape index (κ1) is 20.4. The van der Waals surface area contributed by atoms with E-state index in [4.69, 9.17) is 17.0 Å². The molecule has 0 aliphatic rings. The van der Waals surface area contributed by atoms with Crippen molar-refractivity contribution in [2.75, 3.05) is 11.9 Å². The first-order valence-electron chi connectivity index (χ1n) is 9.50. The summed E-state index contributed by atoms with van der Waals surface area (Å²) in [6, 6.07) is 18.1. The Labute approximate surface area is 182 Å². The number of rotatable bonds is 5. The Balaban J connectivity index is 1.45. The molecule has 3 aromatic carbocycles. The predicted octanol–water partition coefficient (Wildman–Crippen LogP) is 4.09. The van der Waals surface area contributed by atoms with Gasteiger partial charge in [0, 0.05) is 11.3 Å². The lowest BCUT2D eigenvalue weighted by Gasteiger charge is -2.09. The molecule has 0 spiro atoms. The van der Waals surface area contributed by atoms with Gasteiger partial charge in [-0.05, 0) is 85.9 Å². The number of amides is 1. The minimum Gasteiger partial charge on any atom is -0.494 e. The number of nitrogens with zero attached hydrogens (tertiary/aromatic N) is 3. The average molecular weight is 435 g/mol. The minimum absolute atomic E-state index is 0.118. The zero-order chi connectivity index (χ0) is 21.8. The molecule has 4 rings (SSSR count). The Morgan fingerprint density at radius 1 is 1.03 bits per heavy atom. The highest BCUT2D eigenvalue weighted by molar-refractivity contribution is 7.80. The summed E-state index contributed by atoms with van der Waals surface area (Å²) in [7, 11) is 0. The van der Waals surface area contributed by atoms with Crippen LogP contribution in [-0.2, 0) is 0 Å². The van der Waals surface area contributed by atoms with Crippen molar-refractivity contribution in [3.05, 3.63) is 78.1 Å². The van der Waals surface area contributed by atoms with Gasteiger partial charge in [-0.15, -0.1) is 10.2 Å². The summed E-state index contributed by atoms with van der Waals surface area (Å²) in [4.78, 5) is 13.7. The third kappa shape index (κ3) is 4.84.